The number of carbonyl (C=O) groups excluding carboxylic acids is 2. The number of alkyl halides is 3. The van der Waals surface area contributed by atoms with Crippen molar-refractivity contribution in [2.75, 3.05) is 18.2 Å². The number of nitrogens with zero attached hydrogens (tertiary/aromatic N) is 3. The van der Waals surface area contributed by atoms with E-state index < -0.39 is 28.1 Å². The lowest BCUT2D eigenvalue weighted by atomic mass is 10.1. The number of rotatable bonds is 9. The zero-order valence-corrected chi connectivity index (χ0v) is 24.2. The zero-order valence-electron chi connectivity index (χ0n) is 23.4. The first-order valence-corrected chi connectivity index (χ1v) is 14.8. The topological polar surface area (TPSA) is 115 Å². The number of benzene rings is 2. The molecule has 4 rings (SSSR count). The number of pyridine rings is 1. The van der Waals surface area contributed by atoms with Gasteiger partial charge in [-0.05, 0) is 80.8 Å². The maximum Gasteiger partial charge on any atom is 0.493 e. The number of anilines is 1. The number of carbonyl (C=O) groups is 2. The summed E-state index contributed by atoms with van der Waals surface area (Å²) in [7, 11) is -4.12. The van der Waals surface area contributed by atoms with E-state index in [0.717, 1.165) is 11.6 Å². The largest absolute Gasteiger partial charge is 0.493 e. The van der Waals surface area contributed by atoms with Gasteiger partial charge in [0.15, 0.2) is 0 Å². The lowest BCUT2D eigenvalue weighted by Gasteiger charge is -2.32. The molecule has 1 aromatic heterocycles. The minimum Gasteiger partial charge on any atom is -0.491 e. The summed E-state index contributed by atoms with van der Waals surface area (Å²) in [6, 6.07) is 13.7. The summed E-state index contributed by atoms with van der Waals surface area (Å²) in [5.41, 5.74) is 0.308. The Bertz CT molecular complexity index is 1520. The van der Waals surface area contributed by atoms with Crippen LogP contribution >= 0.6 is 0 Å². The molecule has 0 aliphatic carbocycles. The van der Waals surface area contributed by atoms with Crippen molar-refractivity contribution >= 4 is 27.6 Å². The number of sulfonamides is 1. The van der Waals surface area contributed by atoms with Crippen LogP contribution in [0.4, 0.5) is 18.9 Å². The molecule has 1 aliphatic heterocycles. The average molecular weight is 622 g/mol. The quantitative estimate of drug-likeness (QED) is 0.310. The molecule has 1 fully saturated rings. The number of halogens is 3. The Balaban J connectivity index is 1.55. The van der Waals surface area contributed by atoms with E-state index in [2.05, 4.69) is 9.82 Å². The predicted octanol–water partition coefficient (Wildman–Crippen LogP) is 4.91. The van der Waals surface area contributed by atoms with Crippen LogP contribution in [0.15, 0.2) is 78.0 Å². The van der Waals surface area contributed by atoms with Crippen LogP contribution in [0, 0.1) is 0 Å². The van der Waals surface area contributed by atoms with Gasteiger partial charge in [0, 0.05) is 31.0 Å². The molecule has 14 heteroatoms. The molecule has 0 N–H and O–H groups in total. The number of aromatic nitrogens is 1. The van der Waals surface area contributed by atoms with Gasteiger partial charge in [0.25, 0.3) is 5.91 Å². The van der Waals surface area contributed by atoms with Crippen LogP contribution in [0.1, 0.15) is 42.6 Å². The fourth-order valence-corrected chi connectivity index (χ4v) is 5.85. The van der Waals surface area contributed by atoms with Crippen molar-refractivity contribution in [2.24, 2.45) is 0 Å². The van der Waals surface area contributed by atoms with E-state index in [4.69, 9.17) is 9.47 Å². The SMILES string of the molecule is CC(C)Oc1ccc(N(OC(=O)C(F)(F)F)C(=O)c2cccc(S(=O)(=O)N3CCCC(OCc4cccnc4)C3)c2)cc1. The smallest absolute Gasteiger partial charge is 0.491 e. The van der Waals surface area contributed by atoms with Gasteiger partial charge in [-0.2, -0.15) is 17.5 Å². The molecule has 1 aliphatic rings. The van der Waals surface area contributed by atoms with E-state index in [1.54, 1.807) is 32.3 Å². The first kappa shape index (κ1) is 31.9. The van der Waals surface area contributed by atoms with Gasteiger partial charge in [-0.1, -0.05) is 12.1 Å². The van der Waals surface area contributed by atoms with Crippen molar-refractivity contribution in [3.63, 3.8) is 0 Å². The Morgan fingerprint density at radius 2 is 1.84 bits per heavy atom. The Morgan fingerprint density at radius 3 is 2.49 bits per heavy atom. The van der Waals surface area contributed by atoms with E-state index in [-0.39, 0.29) is 53.1 Å². The second kappa shape index (κ2) is 13.5. The van der Waals surface area contributed by atoms with Gasteiger partial charge in [0.2, 0.25) is 10.0 Å². The van der Waals surface area contributed by atoms with Crippen molar-refractivity contribution in [1.29, 1.82) is 0 Å². The van der Waals surface area contributed by atoms with E-state index >= 15 is 0 Å². The predicted molar refractivity (Wildman–Crippen MR) is 148 cm³/mol. The molecule has 10 nitrogen and oxygen atoms in total. The Kier molecular flexibility index (Phi) is 10.0. The van der Waals surface area contributed by atoms with Crippen LogP contribution in [-0.4, -0.2) is 61.1 Å². The van der Waals surface area contributed by atoms with E-state index in [1.165, 1.54) is 46.8 Å². The monoisotopic (exact) mass is 621 g/mol. The molecule has 1 saturated heterocycles. The number of piperidine rings is 1. The maximum atomic E-state index is 13.5. The molecule has 3 aromatic rings. The lowest BCUT2D eigenvalue weighted by Crippen LogP contribution is -2.43. The number of ether oxygens (including phenoxy) is 2. The normalized spacial score (nSPS) is 16.1. The molecule has 1 atom stereocenters. The number of hydrogen-bond acceptors (Lipinski definition) is 8. The molecule has 0 spiro atoms. The molecule has 2 heterocycles. The highest BCUT2D eigenvalue weighted by Crippen LogP contribution is 2.28. The summed E-state index contributed by atoms with van der Waals surface area (Å²) in [5.74, 6) is -3.45. The van der Waals surface area contributed by atoms with Gasteiger partial charge >= 0.3 is 12.1 Å². The average Bonchev–Trinajstić information content (AvgIpc) is 2.99. The van der Waals surface area contributed by atoms with Gasteiger partial charge in [0.05, 0.1) is 29.4 Å². The number of hydroxylamine groups is 1. The van der Waals surface area contributed by atoms with E-state index in [0.29, 0.717) is 18.6 Å². The Hall–Kier alpha value is -4.01. The first-order valence-electron chi connectivity index (χ1n) is 13.4. The van der Waals surface area contributed by atoms with Crippen LogP contribution in [0.3, 0.4) is 0 Å². The summed E-state index contributed by atoms with van der Waals surface area (Å²) in [4.78, 5) is 33.4. The van der Waals surface area contributed by atoms with Gasteiger partial charge in [-0.25, -0.2) is 13.2 Å². The number of hydrogen-bond donors (Lipinski definition) is 0. The molecule has 1 unspecified atom stereocenters. The van der Waals surface area contributed by atoms with Crippen molar-refractivity contribution in [3.05, 3.63) is 84.2 Å². The van der Waals surface area contributed by atoms with Crippen molar-refractivity contribution in [2.45, 2.75) is 56.6 Å². The minimum atomic E-state index is -5.39. The second-order valence-corrected chi connectivity index (χ2v) is 11.9. The van der Waals surface area contributed by atoms with E-state index in [1.807, 2.05) is 6.07 Å². The van der Waals surface area contributed by atoms with Crippen LogP contribution in [0.5, 0.6) is 5.75 Å². The van der Waals surface area contributed by atoms with Gasteiger partial charge in [-0.15, -0.1) is 5.06 Å². The van der Waals surface area contributed by atoms with Gasteiger partial charge in [0.1, 0.15) is 5.75 Å². The minimum absolute atomic E-state index is 0.0703. The van der Waals surface area contributed by atoms with E-state index in [9.17, 15) is 31.2 Å². The summed E-state index contributed by atoms with van der Waals surface area (Å²) in [5, 5.41) is 0.171. The first-order chi connectivity index (χ1) is 20.3. The van der Waals surface area contributed by atoms with Crippen LogP contribution < -0.4 is 9.80 Å². The molecule has 43 heavy (non-hydrogen) atoms. The van der Waals surface area contributed by atoms with Gasteiger partial charge in [-0.3, -0.25) is 9.78 Å². The molecule has 0 bridgehead atoms. The third-order valence-corrected chi connectivity index (χ3v) is 8.16. The summed E-state index contributed by atoms with van der Waals surface area (Å²) in [6.07, 6.45) is -1.50. The van der Waals surface area contributed by atoms with Gasteiger partial charge < -0.3 is 14.3 Å². The molecule has 2 aromatic carbocycles. The second-order valence-electron chi connectivity index (χ2n) is 9.96. The summed E-state index contributed by atoms with van der Waals surface area (Å²) in [6.45, 7) is 4.09. The van der Waals surface area contributed by atoms with Crippen LogP contribution in [0.25, 0.3) is 0 Å². The van der Waals surface area contributed by atoms with Crippen LogP contribution in [-0.2, 0) is 31.0 Å². The highest BCUT2D eigenvalue weighted by molar-refractivity contribution is 7.89. The standard InChI is InChI=1S/C29H30F3N3O7S/c1-20(2)41-24-12-10-23(11-13-24)35(42-28(37)29(30,31)32)27(36)22-7-3-9-26(16-22)43(38,39)34-15-5-8-25(18-34)40-19-21-6-4-14-33-17-21/h3-4,6-7,9-14,16-17,20,25H,5,8,15,18-19H2,1-2H3. The molecular weight excluding hydrogens is 591 g/mol. The lowest BCUT2D eigenvalue weighted by molar-refractivity contribution is -0.199. The van der Waals surface area contributed by atoms with Crippen molar-refractivity contribution in [1.82, 2.24) is 9.29 Å². The third kappa shape index (κ3) is 8.30. The molecule has 230 valence electrons. The Labute approximate surface area is 247 Å². The molecule has 1 amide bonds. The number of amides is 1. The molecule has 0 saturated carbocycles. The summed E-state index contributed by atoms with van der Waals surface area (Å²) >= 11 is 0. The van der Waals surface area contributed by atoms with Crippen LogP contribution in [0.2, 0.25) is 0 Å². The fraction of sp³-hybridized carbons (Fsp3) is 0.345. The molecular formula is C29H30F3N3O7S. The zero-order chi connectivity index (χ0) is 31.2. The maximum absolute atomic E-state index is 13.5. The summed E-state index contributed by atoms with van der Waals surface area (Å²) < 4.78 is 79.0. The van der Waals surface area contributed by atoms with Crippen molar-refractivity contribution < 1.29 is 45.5 Å². The highest BCUT2D eigenvalue weighted by Gasteiger charge is 2.44. The van der Waals surface area contributed by atoms with Crippen molar-refractivity contribution in [3.8, 4) is 5.75 Å². The molecule has 0 radical (unpaired) electrons. The fourth-order valence-electron chi connectivity index (χ4n) is 4.29. The highest BCUT2D eigenvalue weighted by atomic mass is 32.2. The Morgan fingerprint density at radius 1 is 1.09 bits per heavy atom. The third-order valence-electron chi connectivity index (χ3n) is 6.30.